The Morgan fingerprint density at radius 3 is 1.92 bits per heavy atom. The average molecular weight is 350 g/mol. The van der Waals surface area contributed by atoms with Crippen LogP contribution >= 0.6 is 9.24 Å². The van der Waals surface area contributed by atoms with E-state index in [1.807, 2.05) is 0 Å². The monoisotopic (exact) mass is 350 g/mol. The van der Waals surface area contributed by atoms with Crippen molar-refractivity contribution in [2.75, 3.05) is 0 Å². The fraction of sp³-hybridized carbons (Fsp3) is 0.500. The van der Waals surface area contributed by atoms with E-state index in [1.165, 1.54) is 80.6 Å². The molecule has 25 heavy (non-hydrogen) atoms. The molecule has 1 atom stereocenters. The van der Waals surface area contributed by atoms with Crippen molar-refractivity contribution < 1.29 is 0 Å². The van der Waals surface area contributed by atoms with Crippen LogP contribution in [0.1, 0.15) is 87.2 Å². The molecule has 2 aromatic carbocycles. The molecule has 0 bridgehead atoms. The molecule has 0 heterocycles. The fourth-order valence-corrected chi connectivity index (χ4v) is 5.68. The molecule has 0 amide bonds. The number of hydrogen-bond donors (Lipinski definition) is 0. The molecule has 0 N–H and O–H groups in total. The molecule has 132 valence electrons. The summed E-state index contributed by atoms with van der Waals surface area (Å²) in [5.41, 5.74) is 6.25. The lowest BCUT2D eigenvalue weighted by Gasteiger charge is -2.29. The van der Waals surface area contributed by atoms with Gasteiger partial charge in [0.05, 0.1) is 0 Å². The third kappa shape index (κ3) is 3.70. The summed E-state index contributed by atoms with van der Waals surface area (Å²) < 4.78 is 0. The summed E-state index contributed by atoms with van der Waals surface area (Å²) in [4.78, 5) is 0. The molecule has 1 heteroatoms. The first-order valence-electron chi connectivity index (χ1n) is 10.3. The zero-order valence-electron chi connectivity index (χ0n) is 15.3. The summed E-state index contributed by atoms with van der Waals surface area (Å²) in [6, 6.07) is 16.2. The van der Waals surface area contributed by atoms with Crippen molar-refractivity contribution in [3.05, 3.63) is 53.6 Å². The first-order chi connectivity index (χ1) is 12.3. The van der Waals surface area contributed by atoms with Gasteiger partial charge in [-0.25, -0.2) is 0 Å². The van der Waals surface area contributed by atoms with Crippen LogP contribution in [0.15, 0.2) is 42.5 Å². The van der Waals surface area contributed by atoms with Crippen LogP contribution in [0.2, 0.25) is 0 Å². The Labute approximate surface area is 155 Å². The minimum atomic E-state index is 0.747. The lowest BCUT2D eigenvalue weighted by molar-refractivity contribution is 0.442. The minimum absolute atomic E-state index is 0.747. The Hall–Kier alpha value is -1.13. The van der Waals surface area contributed by atoms with Gasteiger partial charge in [0.15, 0.2) is 0 Å². The van der Waals surface area contributed by atoms with Crippen LogP contribution in [0.3, 0.4) is 0 Å². The van der Waals surface area contributed by atoms with Crippen molar-refractivity contribution in [3.8, 4) is 11.1 Å². The van der Waals surface area contributed by atoms with E-state index in [9.17, 15) is 0 Å². The van der Waals surface area contributed by atoms with Gasteiger partial charge in [0.2, 0.25) is 0 Å². The van der Waals surface area contributed by atoms with E-state index >= 15 is 0 Å². The van der Waals surface area contributed by atoms with Gasteiger partial charge in [-0.15, -0.1) is 9.24 Å². The predicted molar refractivity (Wildman–Crippen MR) is 113 cm³/mol. The highest BCUT2D eigenvalue weighted by Gasteiger charge is 2.24. The lowest BCUT2D eigenvalue weighted by atomic mass is 9.77. The summed E-state index contributed by atoms with van der Waals surface area (Å²) in [6.07, 6.45) is 13.9. The van der Waals surface area contributed by atoms with Crippen molar-refractivity contribution >= 4 is 14.5 Å². The van der Waals surface area contributed by atoms with E-state index in [4.69, 9.17) is 0 Å². The van der Waals surface area contributed by atoms with Crippen LogP contribution in [0.25, 0.3) is 11.1 Å². The predicted octanol–water partition coefficient (Wildman–Crippen LogP) is 6.95. The van der Waals surface area contributed by atoms with Gasteiger partial charge in [0.25, 0.3) is 0 Å². The highest BCUT2D eigenvalue weighted by molar-refractivity contribution is 7.27. The van der Waals surface area contributed by atoms with Crippen LogP contribution in [0.5, 0.6) is 0 Å². The van der Waals surface area contributed by atoms with Crippen molar-refractivity contribution in [1.82, 2.24) is 0 Å². The summed E-state index contributed by atoms with van der Waals surface area (Å²) in [6.45, 7) is 0. The standard InChI is InChI=1S/C24H31P/c25-23-17-9-16-22(24(23)19-12-5-2-6-13-19)21-15-8-7-14-20(21)18-10-3-1-4-11-18/h7-9,14-19H,1-6,10-13,25H2. The Morgan fingerprint density at radius 2 is 1.20 bits per heavy atom. The Balaban J connectivity index is 1.78. The van der Waals surface area contributed by atoms with Crippen LogP contribution in [-0.4, -0.2) is 0 Å². The van der Waals surface area contributed by atoms with Gasteiger partial charge in [-0.3, -0.25) is 0 Å². The lowest BCUT2D eigenvalue weighted by Crippen LogP contribution is -2.14. The van der Waals surface area contributed by atoms with Gasteiger partial charge in [-0.1, -0.05) is 81.0 Å². The number of rotatable bonds is 3. The molecule has 4 rings (SSSR count). The first-order valence-corrected chi connectivity index (χ1v) is 10.9. The van der Waals surface area contributed by atoms with Gasteiger partial charge < -0.3 is 0 Å². The van der Waals surface area contributed by atoms with Gasteiger partial charge in [0.1, 0.15) is 0 Å². The highest BCUT2D eigenvalue weighted by Crippen LogP contribution is 2.42. The van der Waals surface area contributed by atoms with Gasteiger partial charge in [-0.2, -0.15) is 0 Å². The van der Waals surface area contributed by atoms with Crippen LogP contribution in [-0.2, 0) is 0 Å². The molecule has 0 radical (unpaired) electrons. The van der Waals surface area contributed by atoms with Gasteiger partial charge >= 0.3 is 0 Å². The SMILES string of the molecule is Pc1cccc(-c2ccccc2C2CCCCC2)c1C1CCCCC1. The number of benzene rings is 2. The molecule has 0 aliphatic heterocycles. The first kappa shape index (κ1) is 17.3. The zero-order valence-corrected chi connectivity index (χ0v) is 16.5. The Bertz CT molecular complexity index is 706. The normalized spacial score (nSPS) is 19.9. The van der Waals surface area contributed by atoms with Gasteiger partial charge in [-0.05, 0) is 65.1 Å². The maximum atomic E-state index is 3.03. The van der Waals surface area contributed by atoms with Crippen molar-refractivity contribution in [2.45, 2.75) is 76.0 Å². The van der Waals surface area contributed by atoms with E-state index < -0.39 is 0 Å². The molecule has 2 saturated carbocycles. The molecule has 0 saturated heterocycles. The quantitative estimate of drug-likeness (QED) is 0.525. The van der Waals surface area contributed by atoms with Crippen LogP contribution in [0, 0.1) is 0 Å². The summed E-state index contributed by atoms with van der Waals surface area (Å²) in [5.74, 6) is 1.51. The number of hydrogen-bond acceptors (Lipinski definition) is 0. The largest absolute Gasteiger partial charge is 0.105 e. The zero-order chi connectivity index (χ0) is 17.1. The molecule has 0 nitrogen and oxygen atoms in total. The topological polar surface area (TPSA) is 0 Å². The van der Waals surface area contributed by atoms with Crippen LogP contribution < -0.4 is 5.30 Å². The van der Waals surface area contributed by atoms with Crippen molar-refractivity contribution in [2.24, 2.45) is 0 Å². The summed E-state index contributed by atoms with van der Waals surface area (Å²) >= 11 is 0. The van der Waals surface area contributed by atoms with E-state index in [1.54, 1.807) is 11.1 Å². The van der Waals surface area contributed by atoms with Crippen molar-refractivity contribution in [1.29, 1.82) is 0 Å². The second-order valence-corrected chi connectivity index (χ2v) is 8.69. The smallest absolute Gasteiger partial charge is 0.0140 e. The second kappa shape index (κ2) is 8.05. The van der Waals surface area contributed by atoms with Crippen molar-refractivity contribution in [3.63, 3.8) is 0 Å². The van der Waals surface area contributed by atoms with E-state index in [-0.39, 0.29) is 0 Å². The molecule has 2 aliphatic carbocycles. The molecule has 1 unspecified atom stereocenters. The van der Waals surface area contributed by atoms with Gasteiger partial charge in [0, 0.05) is 0 Å². The molecule has 2 fully saturated rings. The van der Waals surface area contributed by atoms with E-state index in [0.29, 0.717) is 0 Å². The Kier molecular flexibility index (Phi) is 5.57. The fourth-order valence-electron chi connectivity index (χ4n) is 5.18. The third-order valence-corrected chi connectivity index (χ3v) is 6.95. The molecular weight excluding hydrogens is 319 g/mol. The maximum absolute atomic E-state index is 3.03. The van der Waals surface area contributed by atoms with E-state index in [0.717, 1.165) is 11.8 Å². The minimum Gasteiger partial charge on any atom is -0.105 e. The van der Waals surface area contributed by atoms with Crippen LogP contribution in [0.4, 0.5) is 0 Å². The summed E-state index contributed by atoms with van der Waals surface area (Å²) in [7, 11) is 3.03. The molecule has 0 spiro atoms. The molecule has 2 aromatic rings. The third-order valence-electron chi connectivity index (χ3n) is 6.45. The molecular formula is C24H31P. The highest BCUT2D eigenvalue weighted by atomic mass is 31.0. The molecule has 0 aromatic heterocycles. The second-order valence-electron chi connectivity index (χ2n) is 8.07. The average Bonchev–Trinajstić information content (AvgIpc) is 2.69. The maximum Gasteiger partial charge on any atom is -0.0140 e. The van der Waals surface area contributed by atoms with E-state index in [2.05, 4.69) is 51.7 Å². The Morgan fingerprint density at radius 1 is 0.600 bits per heavy atom. The summed E-state index contributed by atoms with van der Waals surface area (Å²) in [5, 5.41) is 1.42. The molecule has 2 aliphatic rings.